The number of aromatic nitrogens is 2. The fraction of sp³-hybridized carbons (Fsp3) is 0.706. The molecule has 0 spiro atoms. The predicted molar refractivity (Wildman–Crippen MR) is 88.6 cm³/mol. The van der Waals surface area contributed by atoms with E-state index in [-0.39, 0.29) is 0 Å². The van der Waals surface area contributed by atoms with Crippen LogP contribution in [-0.4, -0.2) is 54.1 Å². The van der Waals surface area contributed by atoms with Crippen molar-refractivity contribution in [3.63, 3.8) is 0 Å². The molecule has 2 fully saturated rings. The molecule has 0 atom stereocenters. The van der Waals surface area contributed by atoms with Gasteiger partial charge in [-0.15, -0.1) is 0 Å². The first-order valence-corrected chi connectivity index (χ1v) is 8.66. The number of hydrogen-bond donors (Lipinski definition) is 0. The summed E-state index contributed by atoms with van der Waals surface area (Å²) >= 11 is 0. The summed E-state index contributed by atoms with van der Waals surface area (Å²) in [4.78, 5) is 25.1. The molecule has 0 aromatic carbocycles. The van der Waals surface area contributed by atoms with Crippen LogP contribution in [0.25, 0.3) is 0 Å². The molecule has 1 saturated carbocycles. The van der Waals surface area contributed by atoms with Crippen molar-refractivity contribution in [1.82, 2.24) is 14.9 Å². The highest BCUT2D eigenvalue weighted by Crippen LogP contribution is 2.28. The molecule has 2 heterocycles. The van der Waals surface area contributed by atoms with Crippen LogP contribution >= 0.6 is 0 Å². The molecule has 1 saturated heterocycles. The van der Waals surface area contributed by atoms with Crippen LogP contribution in [0, 0.1) is 5.92 Å². The molecule has 2 aliphatic rings. The lowest BCUT2D eigenvalue weighted by Gasteiger charge is -2.35. The van der Waals surface area contributed by atoms with E-state index >= 15 is 0 Å². The van der Waals surface area contributed by atoms with Crippen LogP contribution in [0.3, 0.4) is 0 Å². The molecule has 1 aliphatic heterocycles. The van der Waals surface area contributed by atoms with Crippen molar-refractivity contribution >= 4 is 11.9 Å². The maximum absolute atomic E-state index is 12.4. The van der Waals surface area contributed by atoms with E-state index in [4.69, 9.17) is 4.74 Å². The number of hydrogen-bond acceptors (Lipinski definition) is 5. The summed E-state index contributed by atoms with van der Waals surface area (Å²) in [6.45, 7) is 3.07. The van der Waals surface area contributed by atoms with Gasteiger partial charge < -0.3 is 14.5 Å². The molecule has 23 heavy (non-hydrogen) atoms. The summed E-state index contributed by atoms with van der Waals surface area (Å²) in [5.41, 5.74) is 0. The fourth-order valence-corrected chi connectivity index (χ4v) is 3.54. The third-order valence-corrected chi connectivity index (χ3v) is 4.98. The number of anilines is 1. The minimum Gasteiger partial charge on any atom is -0.481 e. The number of nitrogens with zero attached hydrogens (tertiary/aromatic N) is 4. The van der Waals surface area contributed by atoms with Gasteiger partial charge in [-0.3, -0.25) is 4.79 Å². The van der Waals surface area contributed by atoms with Gasteiger partial charge in [-0.05, 0) is 12.3 Å². The zero-order valence-corrected chi connectivity index (χ0v) is 13.9. The highest BCUT2D eigenvalue weighted by molar-refractivity contribution is 5.76. The van der Waals surface area contributed by atoms with Crippen LogP contribution in [0.1, 0.15) is 38.5 Å². The first kappa shape index (κ1) is 16.0. The Balaban J connectivity index is 1.46. The average Bonchev–Trinajstić information content (AvgIpc) is 3.13. The van der Waals surface area contributed by atoms with Gasteiger partial charge in [0.05, 0.1) is 7.11 Å². The molecule has 6 heteroatoms. The van der Waals surface area contributed by atoms with Gasteiger partial charge in [-0.2, -0.15) is 4.98 Å². The first-order chi connectivity index (χ1) is 11.3. The molecule has 0 unspecified atom stereocenters. The second kappa shape index (κ2) is 7.62. The van der Waals surface area contributed by atoms with Crippen molar-refractivity contribution in [1.29, 1.82) is 0 Å². The van der Waals surface area contributed by atoms with Crippen LogP contribution < -0.4 is 9.64 Å². The van der Waals surface area contributed by atoms with Crippen molar-refractivity contribution in [2.24, 2.45) is 5.92 Å². The van der Waals surface area contributed by atoms with Gasteiger partial charge in [-0.1, -0.05) is 25.7 Å². The Labute approximate surface area is 137 Å². The van der Waals surface area contributed by atoms with Gasteiger partial charge in [-0.25, -0.2) is 4.98 Å². The first-order valence-electron chi connectivity index (χ1n) is 8.66. The minimum atomic E-state index is 0.308. The van der Waals surface area contributed by atoms with Crippen LogP contribution in [-0.2, 0) is 4.79 Å². The summed E-state index contributed by atoms with van der Waals surface area (Å²) in [6.07, 6.45) is 8.80. The second-order valence-corrected chi connectivity index (χ2v) is 6.46. The molecule has 126 valence electrons. The van der Waals surface area contributed by atoms with Crippen LogP contribution in [0.4, 0.5) is 5.95 Å². The molecule has 6 nitrogen and oxygen atoms in total. The summed E-state index contributed by atoms with van der Waals surface area (Å²) in [5, 5.41) is 0. The van der Waals surface area contributed by atoms with Crippen molar-refractivity contribution in [3.05, 3.63) is 12.3 Å². The van der Waals surface area contributed by atoms with Gasteiger partial charge >= 0.3 is 0 Å². The SMILES string of the molecule is COc1ccnc(N2CCN(C(=O)CCC3CCCC3)CC2)n1. The summed E-state index contributed by atoms with van der Waals surface area (Å²) in [7, 11) is 1.60. The summed E-state index contributed by atoms with van der Waals surface area (Å²) in [6, 6.07) is 1.74. The Morgan fingerprint density at radius 3 is 2.70 bits per heavy atom. The Morgan fingerprint density at radius 2 is 2.00 bits per heavy atom. The van der Waals surface area contributed by atoms with E-state index in [1.165, 1.54) is 25.7 Å². The largest absolute Gasteiger partial charge is 0.481 e. The van der Waals surface area contributed by atoms with Crippen LogP contribution in [0.15, 0.2) is 12.3 Å². The van der Waals surface area contributed by atoms with E-state index in [1.807, 2.05) is 4.90 Å². The van der Waals surface area contributed by atoms with E-state index in [1.54, 1.807) is 19.4 Å². The van der Waals surface area contributed by atoms with Gasteiger partial charge in [0.15, 0.2) is 0 Å². The number of ether oxygens (including phenoxy) is 1. The highest BCUT2D eigenvalue weighted by Gasteiger charge is 2.24. The smallest absolute Gasteiger partial charge is 0.228 e. The van der Waals surface area contributed by atoms with Crippen LogP contribution in [0.5, 0.6) is 5.88 Å². The molecule has 3 rings (SSSR count). The molecule has 1 amide bonds. The molecular weight excluding hydrogens is 292 g/mol. The molecule has 0 radical (unpaired) electrons. The van der Waals surface area contributed by atoms with E-state index in [0.29, 0.717) is 24.2 Å². The van der Waals surface area contributed by atoms with E-state index in [9.17, 15) is 4.79 Å². The Kier molecular flexibility index (Phi) is 5.31. The van der Waals surface area contributed by atoms with Crippen molar-refractivity contribution in [2.45, 2.75) is 38.5 Å². The number of methoxy groups -OCH3 is 1. The zero-order chi connectivity index (χ0) is 16.1. The molecule has 1 aromatic rings. The van der Waals surface area contributed by atoms with Crippen molar-refractivity contribution in [2.75, 3.05) is 38.2 Å². The van der Waals surface area contributed by atoms with Gasteiger partial charge in [0.2, 0.25) is 17.7 Å². The normalized spacial score (nSPS) is 19.2. The average molecular weight is 318 g/mol. The summed E-state index contributed by atoms with van der Waals surface area (Å²) in [5.74, 6) is 2.35. The number of carbonyl (C=O) groups excluding carboxylic acids is 1. The quantitative estimate of drug-likeness (QED) is 0.832. The standard InChI is InChI=1S/C17H26N4O2/c1-23-15-8-9-18-17(19-15)21-12-10-20(11-13-21)16(22)7-6-14-4-2-3-5-14/h8-9,14H,2-7,10-13H2,1H3. The lowest BCUT2D eigenvalue weighted by atomic mass is 10.0. The fourth-order valence-electron chi connectivity index (χ4n) is 3.54. The molecular formula is C17H26N4O2. The second-order valence-electron chi connectivity index (χ2n) is 6.46. The van der Waals surface area contributed by atoms with Gasteiger partial charge in [0.25, 0.3) is 0 Å². The van der Waals surface area contributed by atoms with Crippen LogP contribution in [0.2, 0.25) is 0 Å². The Hall–Kier alpha value is -1.85. The predicted octanol–water partition coefficient (Wildman–Crippen LogP) is 2.10. The van der Waals surface area contributed by atoms with E-state index < -0.39 is 0 Å². The van der Waals surface area contributed by atoms with Gasteiger partial charge in [0.1, 0.15) is 0 Å². The number of carbonyl (C=O) groups is 1. The Bertz CT molecular complexity index is 523. The van der Waals surface area contributed by atoms with E-state index in [2.05, 4.69) is 14.9 Å². The van der Waals surface area contributed by atoms with E-state index in [0.717, 1.165) is 38.5 Å². The molecule has 1 aromatic heterocycles. The van der Waals surface area contributed by atoms with Crippen molar-refractivity contribution < 1.29 is 9.53 Å². The minimum absolute atomic E-state index is 0.308. The van der Waals surface area contributed by atoms with Gasteiger partial charge in [0, 0.05) is 44.9 Å². The lowest BCUT2D eigenvalue weighted by Crippen LogP contribution is -2.49. The number of rotatable bonds is 5. The lowest BCUT2D eigenvalue weighted by molar-refractivity contribution is -0.131. The molecule has 0 N–H and O–H groups in total. The third-order valence-electron chi connectivity index (χ3n) is 4.98. The molecule has 0 bridgehead atoms. The monoisotopic (exact) mass is 318 g/mol. The number of amides is 1. The maximum Gasteiger partial charge on any atom is 0.228 e. The highest BCUT2D eigenvalue weighted by atomic mass is 16.5. The van der Waals surface area contributed by atoms with Crippen molar-refractivity contribution in [3.8, 4) is 5.88 Å². The Morgan fingerprint density at radius 1 is 1.26 bits per heavy atom. The molecule has 1 aliphatic carbocycles. The third kappa shape index (κ3) is 4.12. The topological polar surface area (TPSA) is 58.6 Å². The zero-order valence-electron chi connectivity index (χ0n) is 13.9. The summed E-state index contributed by atoms with van der Waals surface area (Å²) < 4.78 is 5.14. The number of piperazine rings is 1. The maximum atomic E-state index is 12.4.